The SMILES string of the molecule is CCNCC(=O)N1CCC(C)CC1C(=O)O. The number of nitrogens with zero attached hydrogens (tertiary/aromatic N) is 1. The summed E-state index contributed by atoms with van der Waals surface area (Å²) < 4.78 is 0. The van der Waals surface area contributed by atoms with Gasteiger partial charge in [0.15, 0.2) is 0 Å². The molecule has 0 spiro atoms. The van der Waals surface area contributed by atoms with E-state index in [4.69, 9.17) is 5.11 Å². The first kappa shape index (κ1) is 13.0. The minimum atomic E-state index is -0.892. The first-order valence-corrected chi connectivity index (χ1v) is 5.79. The van der Waals surface area contributed by atoms with Gasteiger partial charge >= 0.3 is 5.97 Å². The fourth-order valence-corrected chi connectivity index (χ4v) is 2.01. The van der Waals surface area contributed by atoms with Crippen LogP contribution in [0.25, 0.3) is 0 Å². The molecule has 0 aromatic rings. The Kier molecular flexibility index (Phi) is 4.73. The molecule has 0 aromatic carbocycles. The Balaban J connectivity index is 2.61. The zero-order chi connectivity index (χ0) is 12.1. The number of likely N-dealkylation sites (N-methyl/N-ethyl adjacent to an activating group) is 1. The van der Waals surface area contributed by atoms with E-state index in [0.29, 0.717) is 25.4 Å². The van der Waals surface area contributed by atoms with Gasteiger partial charge in [0.1, 0.15) is 6.04 Å². The Morgan fingerprint density at radius 2 is 2.19 bits per heavy atom. The fourth-order valence-electron chi connectivity index (χ4n) is 2.01. The molecule has 2 N–H and O–H groups in total. The van der Waals surface area contributed by atoms with E-state index in [-0.39, 0.29) is 12.5 Å². The number of amides is 1. The average molecular weight is 228 g/mol. The van der Waals surface area contributed by atoms with E-state index < -0.39 is 12.0 Å². The third-order valence-electron chi connectivity index (χ3n) is 3.00. The Morgan fingerprint density at radius 1 is 1.50 bits per heavy atom. The number of carbonyl (C=O) groups excluding carboxylic acids is 1. The number of hydrogen-bond acceptors (Lipinski definition) is 3. The van der Waals surface area contributed by atoms with Crippen LogP contribution < -0.4 is 5.32 Å². The Labute approximate surface area is 95.8 Å². The summed E-state index contributed by atoms with van der Waals surface area (Å²) in [4.78, 5) is 24.3. The van der Waals surface area contributed by atoms with Gasteiger partial charge in [-0.25, -0.2) is 4.79 Å². The largest absolute Gasteiger partial charge is 0.480 e. The number of likely N-dealkylation sites (tertiary alicyclic amines) is 1. The first-order chi connectivity index (χ1) is 7.56. The lowest BCUT2D eigenvalue weighted by Gasteiger charge is -2.36. The second-order valence-electron chi connectivity index (χ2n) is 4.35. The summed E-state index contributed by atoms with van der Waals surface area (Å²) >= 11 is 0. The normalized spacial score (nSPS) is 25.5. The maximum absolute atomic E-state index is 11.8. The van der Waals surface area contributed by atoms with E-state index in [1.807, 2.05) is 13.8 Å². The molecule has 1 rings (SSSR count). The molecule has 5 nitrogen and oxygen atoms in total. The van der Waals surface area contributed by atoms with Crippen LogP contribution in [0.5, 0.6) is 0 Å². The van der Waals surface area contributed by atoms with Crippen LogP contribution in [0.15, 0.2) is 0 Å². The maximum Gasteiger partial charge on any atom is 0.326 e. The van der Waals surface area contributed by atoms with Crippen LogP contribution in [0.2, 0.25) is 0 Å². The molecule has 1 saturated heterocycles. The quantitative estimate of drug-likeness (QED) is 0.726. The minimum absolute atomic E-state index is 0.110. The van der Waals surface area contributed by atoms with Gasteiger partial charge in [-0.3, -0.25) is 4.79 Å². The van der Waals surface area contributed by atoms with Crippen molar-refractivity contribution >= 4 is 11.9 Å². The summed E-state index contributed by atoms with van der Waals surface area (Å²) in [7, 11) is 0. The fraction of sp³-hybridized carbons (Fsp3) is 0.818. The molecule has 16 heavy (non-hydrogen) atoms. The molecule has 92 valence electrons. The number of carboxylic acids is 1. The molecule has 2 unspecified atom stereocenters. The zero-order valence-electron chi connectivity index (χ0n) is 9.90. The second-order valence-corrected chi connectivity index (χ2v) is 4.35. The van der Waals surface area contributed by atoms with Gasteiger partial charge in [-0.1, -0.05) is 13.8 Å². The van der Waals surface area contributed by atoms with Crippen LogP contribution in [-0.2, 0) is 9.59 Å². The summed E-state index contributed by atoms with van der Waals surface area (Å²) in [6.07, 6.45) is 1.45. The molecule has 5 heteroatoms. The summed E-state index contributed by atoms with van der Waals surface area (Å²) in [5.41, 5.74) is 0. The third-order valence-corrected chi connectivity index (χ3v) is 3.00. The lowest BCUT2D eigenvalue weighted by molar-refractivity contribution is -0.152. The van der Waals surface area contributed by atoms with Crippen molar-refractivity contribution in [3.63, 3.8) is 0 Å². The van der Waals surface area contributed by atoms with Gasteiger partial charge < -0.3 is 15.3 Å². The van der Waals surface area contributed by atoms with Crippen molar-refractivity contribution < 1.29 is 14.7 Å². The van der Waals surface area contributed by atoms with E-state index in [1.165, 1.54) is 4.90 Å². The highest BCUT2D eigenvalue weighted by molar-refractivity contribution is 5.85. The van der Waals surface area contributed by atoms with Gasteiger partial charge in [-0.2, -0.15) is 0 Å². The number of carboxylic acid groups (broad SMARTS) is 1. The van der Waals surface area contributed by atoms with Gasteiger partial charge in [-0.15, -0.1) is 0 Å². The average Bonchev–Trinajstić information content (AvgIpc) is 2.25. The van der Waals surface area contributed by atoms with Crippen molar-refractivity contribution in [2.75, 3.05) is 19.6 Å². The molecule has 0 aliphatic carbocycles. The Morgan fingerprint density at radius 3 is 2.75 bits per heavy atom. The number of carbonyl (C=O) groups is 2. The third kappa shape index (κ3) is 3.20. The van der Waals surface area contributed by atoms with Crippen LogP contribution >= 0.6 is 0 Å². The molecular weight excluding hydrogens is 208 g/mol. The van der Waals surface area contributed by atoms with Crippen LogP contribution in [0, 0.1) is 5.92 Å². The lowest BCUT2D eigenvalue weighted by atomic mass is 9.92. The highest BCUT2D eigenvalue weighted by Crippen LogP contribution is 2.22. The second kappa shape index (κ2) is 5.84. The van der Waals surface area contributed by atoms with E-state index >= 15 is 0 Å². The first-order valence-electron chi connectivity index (χ1n) is 5.79. The molecule has 0 radical (unpaired) electrons. The van der Waals surface area contributed by atoms with Gasteiger partial charge in [-0.05, 0) is 25.3 Å². The monoisotopic (exact) mass is 228 g/mol. The molecule has 1 aliphatic heterocycles. The summed E-state index contributed by atoms with van der Waals surface area (Å²) in [6.45, 7) is 5.45. The highest BCUT2D eigenvalue weighted by Gasteiger charge is 2.34. The van der Waals surface area contributed by atoms with E-state index in [2.05, 4.69) is 5.32 Å². The topological polar surface area (TPSA) is 69.6 Å². The van der Waals surface area contributed by atoms with Crippen LogP contribution in [0.1, 0.15) is 26.7 Å². The number of aliphatic carboxylic acids is 1. The molecule has 1 aliphatic rings. The molecule has 0 saturated carbocycles. The van der Waals surface area contributed by atoms with Gasteiger partial charge in [0.2, 0.25) is 5.91 Å². The Hall–Kier alpha value is -1.10. The van der Waals surface area contributed by atoms with Gasteiger partial charge in [0.05, 0.1) is 6.54 Å². The van der Waals surface area contributed by atoms with Crippen molar-refractivity contribution in [2.45, 2.75) is 32.7 Å². The number of piperidine rings is 1. The zero-order valence-corrected chi connectivity index (χ0v) is 9.90. The van der Waals surface area contributed by atoms with Gasteiger partial charge in [0, 0.05) is 6.54 Å². The van der Waals surface area contributed by atoms with Gasteiger partial charge in [0.25, 0.3) is 0 Å². The smallest absolute Gasteiger partial charge is 0.326 e. The van der Waals surface area contributed by atoms with Crippen LogP contribution in [-0.4, -0.2) is 47.6 Å². The van der Waals surface area contributed by atoms with Crippen molar-refractivity contribution in [2.24, 2.45) is 5.92 Å². The molecule has 1 amide bonds. The van der Waals surface area contributed by atoms with E-state index in [9.17, 15) is 9.59 Å². The lowest BCUT2D eigenvalue weighted by Crippen LogP contribution is -2.52. The summed E-state index contributed by atoms with van der Waals surface area (Å²) in [5, 5.41) is 12.0. The Bertz CT molecular complexity index is 268. The van der Waals surface area contributed by atoms with E-state index in [1.54, 1.807) is 0 Å². The number of rotatable bonds is 4. The molecule has 0 bridgehead atoms. The van der Waals surface area contributed by atoms with Crippen molar-refractivity contribution in [1.29, 1.82) is 0 Å². The summed E-state index contributed by atoms with van der Waals surface area (Å²) in [6, 6.07) is -0.644. The van der Waals surface area contributed by atoms with E-state index in [0.717, 1.165) is 6.42 Å². The van der Waals surface area contributed by atoms with Crippen LogP contribution in [0.4, 0.5) is 0 Å². The minimum Gasteiger partial charge on any atom is -0.480 e. The van der Waals surface area contributed by atoms with Crippen molar-refractivity contribution in [3.8, 4) is 0 Å². The molecule has 2 atom stereocenters. The molecule has 1 heterocycles. The predicted octanol–water partition coefficient (Wildman–Crippen LogP) is 0.308. The number of nitrogens with one attached hydrogen (secondary N) is 1. The maximum atomic E-state index is 11.8. The highest BCUT2D eigenvalue weighted by atomic mass is 16.4. The van der Waals surface area contributed by atoms with Crippen molar-refractivity contribution in [1.82, 2.24) is 10.2 Å². The standard InChI is InChI=1S/C11H20N2O3/c1-3-12-7-10(14)13-5-4-8(2)6-9(13)11(15)16/h8-9,12H,3-7H2,1-2H3,(H,15,16). The summed E-state index contributed by atoms with van der Waals surface area (Å²) in [5.74, 6) is -0.623. The van der Waals surface area contributed by atoms with Crippen molar-refractivity contribution in [3.05, 3.63) is 0 Å². The predicted molar refractivity (Wildman–Crippen MR) is 60.1 cm³/mol. The molecule has 1 fully saturated rings. The molecular formula is C11H20N2O3. The van der Waals surface area contributed by atoms with Crippen LogP contribution in [0.3, 0.4) is 0 Å². The molecule has 0 aromatic heterocycles. The number of hydrogen-bond donors (Lipinski definition) is 2.